The second-order valence-corrected chi connectivity index (χ2v) is 29.7. The molecule has 0 aromatic heterocycles. The van der Waals surface area contributed by atoms with Crippen molar-refractivity contribution >= 4 is 18.0 Å². The van der Waals surface area contributed by atoms with Crippen LogP contribution in [-0.4, -0.2) is 117 Å². The van der Waals surface area contributed by atoms with Crippen molar-refractivity contribution in [2.45, 2.75) is 291 Å². The van der Waals surface area contributed by atoms with E-state index in [-0.39, 0.29) is 41.5 Å². The molecule has 16 nitrogen and oxygen atoms in total. The van der Waals surface area contributed by atoms with Crippen molar-refractivity contribution in [3.8, 4) is 28.7 Å². The first-order valence-corrected chi connectivity index (χ1v) is 37.2. The summed E-state index contributed by atoms with van der Waals surface area (Å²) in [5, 5.41) is 45.5. The van der Waals surface area contributed by atoms with Crippen LogP contribution < -0.4 is 18.9 Å². The second kappa shape index (κ2) is 31.7. The van der Waals surface area contributed by atoms with E-state index in [1.165, 1.54) is 183 Å². The van der Waals surface area contributed by atoms with Gasteiger partial charge >= 0.3 is 12.3 Å². The maximum Gasteiger partial charge on any atom is 0.513 e. The summed E-state index contributed by atoms with van der Waals surface area (Å²) < 4.78 is 34.1. The molecule has 0 amide bonds. The number of likely N-dealkylation sites (tertiary alicyclic amines) is 2. The summed E-state index contributed by atoms with van der Waals surface area (Å²) in [6.45, 7) is 18.1. The van der Waals surface area contributed by atoms with E-state index in [1.807, 2.05) is 12.1 Å². The standard InChI is InChI=1S/C36H53NO5.C21H33NO5.C21H25NO3/c1-3-4-5-6-7-8-9-10-11-12-13-14-23-40-34(38)41-29-18-17-28-24-30-36(39)20-19-26(2)33-35(36,31(28)32(29)42-33)21-22-37(30)25-27-15-16-27;1-2-3-4-5-6-7-8-9-10-11-12-13-18-26-21(23)27-20-16-14-19(15-17-20)22(24)25;1-12-6-7-21(24)16-10-14-4-5-15(23)18-17(14)20(21,19(12)25-18)8-9-22(16)11-13-2-3-13/h17-18,27,30,33,39H,2-16,19-25H2,1H3;14-17H,2-13,18H2,1H3;4-5,13,16,19,23-24H,1-3,6-11H2/t30?,33-,35-,36+;;16?,19-,20-,21+/m0.0/s1. The van der Waals surface area contributed by atoms with Gasteiger partial charge in [0, 0.05) is 48.4 Å². The SMILES string of the molecule is C=C1CC[C@@]2(O)C3Cc4ccc(O)c5c4[C@@]2(CCN3CC2CC2)[C@H]1O5.C=C1CC[C@@]2(O)C3Cc4ccc(OC(=O)OCCCCCCCCCCCCCC)c5c4[C@@]2(CCN3CC2CC2)[C@H]1O5.CCCCCCCCCCCCCCOC(=O)Oc1ccc([N+](=O)[O-])cc1. The molecule has 2 unspecified atom stereocenters. The van der Waals surface area contributed by atoms with E-state index in [0.717, 1.165) is 137 Å². The summed E-state index contributed by atoms with van der Waals surface area (Å²) >= 11 is 0. The Kier molecular flexibility index (Phi) is 23.5. The highest BCUT2D eigenvalue weighted by molar-refractivity contribution is 5.70. The normalized spacial score (nSPS) is 27.1. The summed E-state index contributed by atoms with van der Waals surface area (Å²) in [5.41, 5.74) is 4.09. The van der Waals surface area contributed by atoms with E-state index >= 15 is 0 Å². The molecule has 8 atom stereocenters. The lowest BCUT2D eigenvalue weighted by molar-refractivity contribution is -0.384. The minimum absolute atomic E-state index is 0.0489. The number of phenols is 1. The number of carbonyl (C=O) groups is 2. The summed E-state index contributed by atoms with van der Waals surface area (Å²) in [7, 11) is 0. The van der Waals surface area contributed by atoms with Gasteiger partial charge < -0.3 is 43.7 Å². The van der Waals surface area contributed by atoms with Crippen molar-refractivity contribution < 1.29 is 58.3 Å². The number of hydrogen-bond donors (Lipinski definition) is 3. The molecule has 2 spiro atoms. The number of non-ortho nitro benzene ring substituents is 1. The minimum atomic E-state index is -0.863. The number of ether oxygens (including phenoxy) is 6. The van der Waals surface area contributed by atoms with Crippen LogP contribution in [0.25, 0.3) is 0 Å². The number of nitrogens with zero attached hydrogens (tertiary/aromatic N) is 3. The molecule has 94 heavy (non-hydrogen) atoms. The molecule has 3 aromatic carbocycles. The molecule has 4 saturated carbocycles. The summed E-state index contributed by atoms with van der Waals surface area (Å²) in [6, 6.07) is 13.3. The zero-order chi connectivity index (χ0) is 65.9. The van der Waals surface area contributed by atoms with E-state index in [4.69, 9.17) is 28.4 Å². The Morgan fingerprint density at radius 3 is 1.39 bits per heavy atom. The number of nitro benzene ring substituents is 1. The van der Waals surface area contributed by atoms with Crippen molar-refractivity contribution in [3.05, 3.63) is 105 Å². The Hall–Kier alpha value is -5.68. The third-order valence-electron chi connectivity index (χ3n) is 23.3. The highest BCUT2D eigenvalue weighted by atomic mass is 16.7. The van der Waals surface area contributed by atoms with Gasteiger partial charge in [0.15, 0.2) is 23.0 Å². The number of piperidine rings is 2. The number of rotatable bonds is 33. The number of carbonyl (C=O) groups excluding carboxylic acids is 2. The number of hydrogen-bond acceptors (Lipinski definition) is 15. The molecule has 4 heterocycles. The largest absolute Gasteiger partial charge is 0.513 e. The Morgan fingerprint density at radius 1 is 0.553 bits per heavy atom. The number of benzene rings is 3. The molecule has 10 aliphatic rings. The Bertz CT molecular complexity index is 3090. The Balaban J connectivity index is 0.000000151. The van der Waals surface area contributed by atoms with Crippen LogP contribution in [0.2, 0.25) is 0 Å². The van der Waals surface area contributed by atoms with Crippen LogP contribution in [0.1, 0.15) is 254 Å². The van der Waals surface area contributed by atoms with Crippen molar-refractivity contribution in [3.63, 3.8) is 0 Å². The third-order valence-corrected chi connectivity index (χ3v) is 23.3. The first-order chi connectivity index (χ1) is 45.6. The summed E-state index contributed by atoms with van der Waals surface area (Å²) in [5.74, 6) is 3.69. The maximum atomic E-state index is 12.7. The number of phenolic OH excluding ortho intramolecular Hbond substituents is 1. The molecule has 4 aliphatic heterocycles. The lowest BCUT2D eigenvalue weighted by atomic mass is 9.48. The summed E-state index contributed by atoms with van der Waals surface area (Å²) in [4.78, 5) is 39.4. The average molecular weight is 1300 g/mol. The monoisotopic (exact) mass is 1300 g/mol. The number of unbranched alkanes of at least 4 members (excludes halogenated alkanes) is 22. The lowest BCUT2D eigenvalue weighted by Crippen LogP contribution is -2.75. The predicted molar refractivity (Wildman–Crippen MR) is 365 cm³/mol. The first-order valence-electron chi connectivity index (χ1n) is 37.2. The predicted octanol–water partition coefficient (Wildman–Crippen LogP) is 17.3. The number of aromatic hydroxyl groups is 1. The van der Waals surface area contributed by atoms with Gasteiger partial charge in [-0.2, -0.15) is 0 Å². The molecular weight excluding hydrogens is 1190 g/mol. The van der Waals surface area contributed by atoms with Gasteiger partial charge in [-0.25, -0.2) is 9.59 Å². The molecule has 2 saturated heterocycles. The van der Waals surface area contributed by atoms with Gasteiger partial charge in [-0.1, -0.05) is 180 Å². The fourth-order valence-electron chi connectivity index (χ4n) is 17.9. The minimum Gasteiger partial charge on any atom is -0.504 e. The maximum absolute atomic E-state index is 12.7. The van der Waals surface area contributed by atoms with Crippen LogP contribution in [-0.2, 0) is 33.1 Å². The molecule has 4 bridgehead atoms. The molecule has 3 aromatic rings. The topological polar surface area (TPSA) is 200 Å². The highest BCUT2D eigenvalue weighted by Gasteiger charge is 2.73. The Morgan fingerprint density at radius 2 is 0.957 bits per heavy atom. The van der Waals surface area contributed by atoms with E-state index < -0.39 is 39.3 Å². The first kappa shape index (κ1) is 69.7. The van der Waals surface area contributed by atoms with Crippen LogP contribution >= 0.6 is 0 Å². The van der Waals surface area contributed by atoms with Gasteiger partial charge in [0.25, 0.3) is 5.69 Å². The molecule has 13 rings (SSSR count). The van der Waals surface area contributed by atoms with Crippen molar-refractivity contribution in [1.29, 1.82) is 0 Å². The number of aliphatic hydroxyl groups is 2. The second-order valence-electron chi connectivity index (χ2n) is 29.7. The van der Waals surface area contributed by atoms with E-state index in [9.17, 15) is 35.0 Å². The highest BCUT2D eigenvalue weighted by Crippen LogP contribution is 2.68. The molecular formula is C78H111N3O13. The lowest BCUT2D eigenvalue weighted by Gasteiger charge is -2.63. The molecule has 3 N–H and O–H groups in total. The smallest absolute Gasteiger partial charge is 0.504 e. The molecule has 0 radical (unpaired) electrons. The quantitative estimate of drug-likeness (QED) is 0.0130. The van der Waals surface area contributed by atoms with Gasteiger partial charge in [-0.05, 0) is 161 Å². The van der Waals surface area contributed by atoms with Gasteiger partial charge in [-0.15, -0.1) is 0 Å². The van der Waals surface area contributed by atoms with Crippen LogP contribution in [0, 0.1) is 22.0 Å². The third kappa shape index (κ3) is 15.1. The van der Waals surface area contributed by atoms with Crippen molar-refractivity contribution in [2.75, 3.05) is 39.4 Å². The number of nitro groups is 1. The van der Waals surface area contributed by atoms with Gasteiger partial charge in [-0.3, -0.25) is 19.9 Å². The van der Waals surface area contributed by atoms with Crippen LogP contribution in [0.5, 0.6) is 28.7 Å². The fraction of sp³-hybridized carbons (Fsp3) is 0.692. The Labute approximate surface area is 560 Å². The van der Waals surface area contributed by atoms with Crippen molar-refractivity contribution in [2.24, 2.45) is 11.8 Å². The van der Waals surface area contributed by atoms with E-state index in [1.54, 1.807) is 6.07 Å². The molecule has 16 heteroatoms. The zero-order valence-corrected chi connectivity index (χ0v) is 57.0. The van der Waals surface area contributed by atoms with Crippen LogP contribution in [0.4, 0.5) is 15.3 Å². The van der Waals surface area contributed by atoms with Crippen LogP contribution in [0.15, 0.2) is 72.8 Å². The van der Waals surface area contributed by atoms with Crippen molar-refractivity contribution in [1.82, 2.24) is 9.80 Å². The van der Waals surface area contributed by atoms with Gasteiger partial charge in [0.1, 0.15) is 18.0 Å². The fourth-order valence-corrected chi connectivity index (χ4v) is 17.9. The molecule has 6 fully saturated rings. The molecule has 6 aliphatic carbocycles. The van der Waals surface area contributed by atoms with Gasteiger partial charge in [0.2, 0.25) is 0 Å². The van der Waals surface area contributed by atoms with E-state index in [0.29, 0.717) is 36.9 Å². The molecule has 516 valence electrons. The van der Waals surface area contributed by atoms with Crippen LogP contribution in [0.3, 0.4) is 0 Å². The summed E-state index contributed by atoms with van der Waals surface area (Å²) in [6.07, 6.45) is 40.0. The average Bonchev–Trinajstić information content (AvgIpc) is 1.37. The van der Waals surface area contributed by atoms with E-state index in [2.05, 4.69) is 42.9 Å². The zero-order valence-electron chi connectivity index (χ0n) is 57.0. The van der Waals surface area contributed by atoms with Gasteiger partial charge in [0.05, 0.1) is 40.2 Å².